The SMILES string of the molecule is CCCC[C@H]1C(=O)N(C)[C@@H](CCCC)C(=O)N[C@@H](CC(C)C)C(=O)NCCCCC(=O)N[C@@H](Cc2ccc(O)cc2)C(=O)N2CCCC[C@H]2C(=O)N[C@@H](CC(N)=O)C(=O)N2CCC[C@H]2C(=O)N[C@@H](CN)C(=O)N[C@@H](CCC(=O)O)C(=O)N2C[C@H](O)C[C@H]2C(=O)C[C@@H](Cc2c[nH]c3ccccc23)C(=O)N[C@@H](CCN)C(=O)N[C@@H](Cc2cn(CC(=O)O)c3ccccc23)C(=O)N1C. The number of fused-ring (bicyclic) bond motifs is 5. The molecule has 39 nitrogen and oxygen atoms in total. The van der Waals surface area contributed by atoms with Crippen molar-refractivity contribution < 1.29 is 102 Å². The van der Waals surface area contributed by atoms with Gasteiger partial charge in [0.2, 0.25) is 82.7 Å². The van der Waals surface area contributed by atoms with Gasteiger partial charge < -0.3 is 114 Å². The number of ketones is 1. The number of hydrogen-bond donors (Lipinski definition) is 16. The maximum absolute atomic E-state index is 15.9. The minimum atomic E-state index is -1.80. The Bertz CT molecular complexity index is 4880. The summed E-state index contributed by atoms with van der Waals surface area (Å²) in [6.45, 7) is 5.42. The van der Waals surface area contributed by atoms with Crippen molar-refractivity contribution in [1.29, 1.82) is 0 Å². The third-order valence-electron chi connectivity index (χ3n) is 24.6. The van der Waals surface area contributed by atoms with E-state index in [0.29, 0.717) is 77.0 Å². The molecule has 2 aromatic heterocycles. The van der Waals surface area contributed by atoms with Gasteiger partial charge in [0.15, 0.2) is 5.78 Å². The highest BCUT2D eigenvalue weighted by molar-refractivity contribution is 6.02. The fourth-order valence-electron chi connectivity index (χ4n) is 17.7. The number of phenols is 1. The first-order chi connectivity index (χ1) is 62.0. The number of rotatable bonds is 24. The summed E-state index contributed by atoms with van der Waals surface area (Å²) >= 11 is 0. The Labute approximate surface area is 754 Å². The Balaban J connectivity index is 1.08. The molecule has 0 spiro atoms. The van der Waals surface area contributed by atoms with Gasteiger partial charge in [-0.3, -0.25) is 81.5 Å². The second kappa shape index (κ2) is 48.3. The summed E-state index contributed by atoms with van der Waals surface area (Å²) in [6, 6.07) is 2.05. The summed E-state index contributed by atoms with van der Waals surface area (Å²) in [4.78, 5) is 256. The van der Waals surface area contributed by atoms with E-state index in [1.807, 2.05) is 27.7 Å². The number of unbranched alkanes of at least 4 members (excludes halogenated alkanes) is 2. The number of piperidine rings is 1. The summed E-state index contributed by atoms with van der Waals surface area (Å²) in [7, 11) is 2.80. The lowest BCUT2D eigenvalue weighted by atomic mass is 9.90. The van der Waals surface area contributed by atoms with Gasteiger partial charge in [-0.2, -0.15) is 0 Å². The van der Waals surface area contributed by atoms with Crippen LogP contribution < -0.4 is 59.7 Å². The predicted octanol–water partition coefficient (Wildman–Crippen LogP) is 0.672. The molecule has 19 N–H and O–H groups in total. The largest absolute Gasteiger partial charge is 0.508 e. The first-order valence-electron chi connectivity index (χ1n) is 45.1. The van der Waals surface area contributed by atoms with Crippen molar-refractivity contribution in [1.82, 2.24) is 76.6 Å². The number of amides is 14. The van der Waals surface area contributed by atoms with Gasteiger partial charge >= 0.3 is 11.9 Å². The van der Waals surface area contributed by atoms with Crippen LogP contribution in [0, 0.1) is 11.8 Å². The molecule has 3 aromatic carbocycles. The van der Waals surface area contributed by atoms with Gasteiger partial charge in [-0.15, -0.1) is 0 Å². The van der Waals surface area contributed by atoms with Crippen molar-refractivity contribution in [3.05, 3.63) is 102 Å². The fraction of sp³-hybridized carbons (Fsp3) is 0.571. The van der Waals surface area contributed by atoms with E-state index in [9.17, 15) is 63.6 Å². The third kappa shape index (κ3) is 27.4. The van der Waals surface area contributed by atoms with E-state index in [0.717, 1.165) is 9.80 Å². The molecule has 0 saturated carbocycles. The van der Waals surface area contributed by atoms with Gasteiger partial charge in [0, 0.05) is 125 Å². The van der Waals surface area contributed by atoms with Crippen molar-refractivity contribution in [3.8, 4) is 5.75 Å². The summed E-state index contributed by atoms with van der Waals surface area (Å²) in [5, 5.41) is 64.7. The number of carboxylic acid groups (broad SMARTS) is 2. The number of carbonyl (C=O) groups excluding carboxylic acids is 15. The van der Waals surface area contributed by atoms with E-state index < -0.39 is 237 Å². The maximum Gasteiger partial charge on any atom is 0.323 e. The van der Waals surface area contributed by atoms with Gasteiger partial charge in [0.05, 0.1) is 18.6 Å². The van der Waals surface area contributed by atoms with Crippen LogP contribution in [0.4, 0.5) is 0 Å². The highest BCUT2D eigenvalue weighted by Gasteiger charge is 2.47. The Morgan fingerprint density at radius 1 is 0.531 bits per heavy atom. The average Bonchev–Trinajstić information content (AvgIpc) is 1.56. The molecule has 14 atom stereocenters. The molecular weight excluding hydrogens is 1680 g/mol. The number of benzene rings is 3. The van der Waals surface area contributed by atoms with E-state index in [4.69, 9.17) is 17.2 Å². The molecule has 6 heterocycles. The number of nitrogens with one attached hydrogen (secondary N) is 9. The number of aliphatic hydroxyl groups is 1. The van der Waals surface area contributed by atoms with Crippen LogP contribution in [-0.4, -0.2) is 287 Å². The second-order valence-corrected chi connectivity index (χ2v) is 34.8. The molecule has 4 aliphatic rings. The van der Waals surface area contributed by atoms with Gasteiger partial charge in [-0.05, 0) is 137 Å². The molecule has 0 bridgehead atoms. The molecule has 4 fully saturated rings. The van der Waals surface area contributed by atoms with E-state index in [1.54, 1.807) is 66.9 Å². The Hall–Kier alpha value is -12.4. The number of phenolic OH excluding ortho intramolecular Hbond substituents is 1. The standard InChI is InChI=1S/C91H128N18O21/c1-7-9-23-70-84(123)100-64(40-52(3)4)81(120)95-37-17-15-28-77(114)97-65(41-53-29-31-57(110)32-30-53)89(128)107-38-18-16-26-71(107)85(124)102-67(46-76(94)113)90(129)108-39-19-27-72(108)86(125)103-68(47-93)83(122)99-63(33-34-78(115)116)88(127)109-50-58(111)45-74(109)75(112)44-54(42-55-48-96-61-22-13-11-20-59(55)61)80(119)98-62(35-36-92)82(121)101-66(87(126)105(6)73(24-10-8-2)91(130)104(70)5)43-56-49-106(51-79(117)118)69-25-14-12-21-60(56)69/h11-14,20-22,25,29-32,48-49,52,54,58,62-68,70-74,96,110-111H,7-10,15-19,23-24,26-28,33-47,50-51,92-93H2,1-6H3,(H2,94,113)(H,95,120)(H,97,114)(H,98,119)(H,99,122)(H,100,123)(H,101,121)(H,102,124)(H,103,125)(H,115,116)(H,117,118)/t54-,58-,62+,63+,64+,65+,66+,67+,68+,70+,71+,72+,73+,74+/m1/s1. The zero-order valence-corrected chi connectivity index (χ0v) is 74.8. The third-order valence-corrected chi connectivity index (χ3v) is 24.6. The van der Waals surface area contributed by atoms with Crippen LogP contribution in [0.1, 0.15) is 179 Å². The summed E-state index contributed by atoms with van der Waals surface area (Å²) in [5.41, 5.74) is 20.7. The maximum atomic E-state index is 15.9. The second-order valence-electron chi connectivity index (χ2n) is 34.8. The molecule has 708 valence electrons. The number of likely N-dealkylation sites (N-methyl/N-ethyl adjacent to an activating group) is 2. The van der Waals surface area contributed by atoms with Crippen molar-refractivity contribution in [2.45, 2.75) is 267 Å². The quantitative estimate of drug-likeness (QED) is 0.0404. The number of nitrogens with two attached hydrogens (primary N) is 3. The fourth-order valence-corrected chi connectivity index (χ4v) is 17.7. The molecule has 5 aromatic rings. The molecule has 9 rings (SSSR count). The number of nitrogens with zero attached hydrogens (tertiary/aromatic N) is 6. The number of aromatic nitrogens is 2. The van der Waals surface area contributed by atoms with E-state index in [1.165, 1.54) is 51.7 Å². The highest BCUT2D eigenvalue weighted by atomic mass is 16.4. The number of aromatic hydroxyl groups is 1. The van der Waals surface area contributed by atoms with E-state index >= 15 is 38.4 Å². The van der Waals surface area contributed by atoms with Gasteiger partial charge in [-0.1, -0.05) is 102 Å². The lowest BCUT2D eigenvalue weighted by molar-refractivity contribution is -0.149. The highest BCUT2D eigenvalue weighted by Crippen LogP contribution is 2.31. The molecule has 0 aliphatic carbocycles. The molecule has 0 unspecified atom stereocenters. The number of aromatic amines is 1. The molecule has 0 radical (unpaired) electrons. The number of primary amides is 1. The normalized spacial score (nSPS) is 25.4. The van der Waals surface area contributed by atoms with Crippen LogP contribution in [0.3, 0.4) is 0 Å². The monoisotopic (exact) mass is 1810 g/mol. The minimum Gasteiger partial charge on any atom is -0.508 e. The molecule has 4 aliphatic heterocycles. The predicted molar refractivity (Wildman–Crippen MR) is 476 cm³/mol. The Morgan fingerprint density at radius 2 is 1.12 bits per heavy atom. The molecular formula is C91H128N18O21. The number of carboxylic acids is 2. The summed E-state index contributed by atoms with van der Waals surface area (Å²) in [5.74, 6) is -17.0. The first-order valence-corrected chi connectivity index (χ1v) is 45.1. The average molecular weight is 1810 g/mol. The van der Waals surface area contributed by atoms with E-state index in [-0.39, 0.29) is 121 Å². The topological polar surface area (TPSA) is 582 Å². The lowest BCUT2D eigenvalue weighted by Crippen LogP contribution is -2.62. The van der Waals surface area contributed by atoms with E-state index in [2.05, 4.69) is 47.5 Å². The van der Waals surface area contributed by atoms with Crippen molar-refractivity contribution in [2.75, 3.05) is 53.4 Å². The van der Waals surface area contributed by atoms with Crippen LogP contribution in [-0.2, 0) is 107 Å². The Morgan fingerprint density at radius 3 is 1.77 bits per heavy atom. The van der Waals surface area contributed by atoms with Crippen LogP contribution in [0.5, 0.6) is 5.75 Å². The smallest absolute Gasteiger partial charge is 0.323 e. The number of aliphatic hydroxyl groups excluding tert-OH is 1. The number of Topliss-reactive ketones (excluding diaryl/α,β-unsaturated/α-hetero) is 1. The van der Waals surface area contributed by atoms with Gasteiger partial charge in [0.1, 0.15) is 78.8 Å². The number of aliphatic carboxylic acids is 2. The number of hydrogen-bond acceptors (Lipinski definition) is 21. The lowest BCUT2D eigenvalue weighted by Gasteiger charge is -2.38. The number of H-pyrrole nitrogens is 1. The molecule has 39 heteroatoms. The van der Waals surface area contributed by atoms with Crippen LogP contribution in [0.25, 0.3) is 21.8 Å². The number of carbonyl (C=O) groups is 17. The Kier molecular flexibility index (Phi) is 37.7. The van der Waals surface area contributed by atoms with Gasteiger partial charge in [-0.25, -0.2) is 0 Å². The summed E-state index contributed by atoms with van der Waals surface area (Å²) < 4.78 is 1.46. The van der Waals surface area contributed by atoms with Crippen molar-refractivity contribution >= 4 is 122 Å². The van der Waals surface area contributed by atoms with Crippen molar-refractivity contribution in [3.63, 3.8) is 0 Å². The summed E-state index contributed by atoms with van der Waals surface area (Å²) in [6.07, 6.45) is 1.00. The molecule has 14 amide bonds. The minimum absolute atomic E-state index is 0.00508. The zero-order valence-electron chi connectivity index (χ0n) is 74.8. The van der Waals surface area contributed by atoms with Crippen LogP contribution in [0.2, 0.25) is 0 Å². The number of para-hydroxylation sites is 2. The van der Waals surface area contributed by atoms with Crippen molar-refractivity contribution in [2.24, 2.45) is 29.0 Å². The zero-order chi connectivity index (χ0) is 94.7. The van der Waals surface area contributed by atoms with Crippen LogP contribution in [0.15, 0.2) is 85.2 Å². The van der Waals surface area contributed by atoms with Crippen LogP contribution >= 0.6 is 0 Å². The molecule has 130 heavy (non-hydrogen) atoms. The van der Waals surface area contributed by atoms with Gasteiger partial charge in [0.25, 0.3) is 0 Å². The first kappa shape index (κ1) is 101. The molecule has 4 saturated heterocycles.